The number of aromatic nitrogens is 2. The number of thioether (sulfide) groups is 1. The van der Waals surface area contributed by atoms with Crippen molar-refractivity contribution in [2.45, 2.75) is 24.3 Å². The highest BCUT2D eigenvalue weighted by Gasteiger charge is 2.20. The molecular formula is C19H18N2O3S. The van der Waals surface area contributed by atoms with E-state index in [4.69, 9.17) is 9.15 Å². The van der Waals surface area contributed by atoms with E-state index in [1.807, 2.05) is 38.1 Å². The van der Waals surface area contributed by atoms with Crippen LogP contribution in [-0.2, 0) is 0 Å². The van der Waals surface area contributed by atoms with Gasteiger partial charge in [-0.1, -0.05) is 30.0 Å². The topological polar surface area (TPSA) is 65.2 Å². The van der Waals surface area contributed by atoms with Crippen LogP contribution in [0.4, 0.5) is 0 Å². The van der Waals surface area contributed by atoms with E-state index in [-0.39, 0.29) is 11.0 Å². The summed E-state index contributed by atoms with van der Waals surface area (Å²) < 4.78 is 10.8. The van der Waals surface area contributed by atoms with Crippen molar-refractivity contribution < 1.29 is 13.9 Å². The first kappa shape index (κ1) is 17.2. The van der Waals surface area contributed by atoms with Crippen LogP contribution in [0.15, 0.2) is 58.2 Å². The molecule has 0 saturated heterocycles. The number of methoxy groups -OCH3 is 1. The monoisotopic (exact) mass is 354 g/mol. The second kappa shape index (κ2) is 7.53. The maximum Gasteiger partial charge on any atom is 0.277 e. The fourth-order valence-electron chi connectivity index (χ4n) is 2.37. The highest BCUT2D eigenvalue weighted by molar-refractivity contribution is 8.00. The van der Waals surface area contributed by atoms with Gasteiger partial charge in [-0.25, -0.2) is 0 Å². The third kappa shape index (κ3) is 3.91. The lowest BCUT2D eigenvalue weighted by Crippen LogP contribution is -2.13. The number of hydrogen-bond acceptors (Lipinski definition) is 6. The minimum atomic E-state index is -0.335. The molecule has 0 spiro atoms. The summed E-state index contributed by atoms with van der Waals surface area (Å²) in [4.78, 5) is 12.5. The van der Waals surface area contributed by atoms with E-state index in [1.54, 1.807) is 31.4 Å². The second-order valence-electron chi connectivity index (χ2n) is 5.54. The molecule has 0 radical (unpaired) electrons. The fraction of sp³-hybridized carbons (Fsp3) is 0.211. The molecule has 0 aliphatic heterocycles. The van der Waals surface area contributed by atoms with Crippen molar-refractivity contribution in [1.29, 1.82) is 0 Å². The number of aryl methyl sites for hydroxylation is 1. The lowest BCUT2D eigenvalue weighted by atomic mass is 10.1. The van der Waals surface area contributed by atoms with Crippen molar-refractivity contribution in [3.05, 3.63) is 59.7 Å². The number of ketones is 1. The van der Waals surface area contributed by atoms with Gasteiger partial charge < -0.3 is 9.15 Å². The number of carbonyl (C=O) groups is 1. The summed E-state index contributed by atoms with van der Waals surface area (Å²) in [6.07, 6.45) is 0. The van der Waals surface area contributed by atoms with Crippen molar-refractivity contribution in [3.63, 3.8) is 0 Å². The Morgan fingerprint density at radius 3 is 2.52 bits per heavy atom. The molecule has 3 rings (SSSR count). The maximum absolute atomic E-state index is 12.5. The van der Waals surface area contributed by atoms with Gasteiger partial charge in [0.15, 0.2) is 5.78 Å². The minimum absolute atomic E-state index is 0.00305. The van der Waals surface area contributed by atoms with Gasteiger partial charge in [0, 0.05) is 11.1 Å². The normalized spacial score (nSPS) is 12.0. The number of carbonyl (C=O) groups excluding carboxylic acids is 1. The van der Waals surface area contributed by atoms with Gasteiger partial charge in [-0.2, -0.15) is 0 Å². The Bertz CT molecular complexity index is 874. The van der Waals surface area contributed by atoms with Gasteiger partial charge in [0.2, 0.25) is 5.89 Å². The Labute approximate surface area is 150 Å². The zero-order valence-corrected chi connectivity index (χ0v) is 15.0. The Hall–Kier alpha value is -2.60. The quantitative estimate of drug-likeness (QED) is 0.482. The van der Waals surface area contributed by atoms with Crippen LogP contribution >= 0.6 is 11.8 Å². The first-order valence-corrected chi connectivity index (χ1v) is 8.71. The minimum Gasteiger partial charge on any atom is -0.497 e. The van der Waals surface area contributed by atoms with Crippen molar-refractivity contribution >= 4 is 17.5 Å². The molecule has 0 saturated carbocycles. The summed E-state index contributed by atoms with van der Waals surface area (Å²) >= 11 is 1.26. The summed E-state index contributed by atoms with van der Waals surface area (Å²) in [6.45, 7) is 3.82. The van der Waals surface area contributed by atoms with Crippen LogP contribution in [-0.4, -0.2) is 28.3 Å². The Morgan fingerprint density at radius 2 is 1.84 bits per heavy atom. The van der Waals surface area contributed by atoms with Crippen molar-refractivity contribution in [2.75, 3.05) is 7.11 Å². The van der Waals surface area contributed by atoms with Crippen LogP contribution in [0.3, 0.4) is 0 Å². The molecule has 25 heavy (non-hydrogen) atoms. The molecule has 128 valence electrons. The molecule has 5 nitrogen and oxygen atoms in total. The van der Waals surface area contributed by atoms with Gasteiger partial charge in [-0.3, -0.25) is 4.79 Å². The Balaban J connectivity index is 1.71. The highest BCUT2D eigenvalue weighted by Crippen LogP contribution is 2.29. The molecule has 1 aromatic heterocycles. The summed E-state index contributed by atoms with van der Waals surface area (Å²) in [5.74, 6) is 1.18. The fourth-order valence-corrected chi connectivity index (χ4v) is 3.13. The Morgan fingerprint density at radius 1 is 1.12 bits per heavy atom. The van der Waals surface area contributed by atoms with Crippen molar-refractivity contribution in [1.82, 2.24) is 10.2 Å². The lowest BCUT2D eigenvalue weighted by molar-refractivity contribution is 0.0993. The van der Waals surface area contributed by atoms with Crippen molar-refractivity contribution in [3.8, 4) is 17.2 Å². The molecule has 0 N–H and O–H groups in total. The summed E-state index contributed by atoms with van der Waals surface area (Å²) in [5.41, 5.74) is 2.58. The first-order valence-electron chi connectivity index (χ1n) is 7.83. The molecule has 0 unspecified atom stereocenters. The third-order valence-corrected chi connectivity index (χ3v) is 4.74. The van der Waals surface area contributed by atoms with Crippen LogP contribution in [0.1, 0.15) is 22.8 Å². The molecule has 1 atom stereocenters. The molecule has 1 heterocycles. The predicted molar refractivity (Wildman–Crippen MR) is 97.1 cm³/mol. The molecule has 0 aliphatic carbocycles. The Kier molecular flexibility index (Phi) is 5.19. The second-order valence-corrected chi connectivity index (χ2v) is 6.83. The first-order chi connectivity index (χ1) is 12.1. The molecular weight excluding hydrogens is 336 g/mol. The molecule has 3 aromatic rings. The van der Waals surface area contributed by atoms with Gasteiger partial charge in [0.25, 0.3) is 5.22 Å². The number of benzene rings is 2. The number of rotatable bonds is 6. The molecule has 0 fully saturated rings. The third-order valence-electron chi connectivity index (χ3n) is 3.80. The van der Waals surface area contributed by atoms with Gasteiger partial charge in [0.05, 0.1) is 12.4 Å². The lowest BCUT2D eigenvalue weighted by Gasteiger charge is -2.08. The van der Waals surface area contributed by atoms with Gasteiger partial charge in [-0.15, -0.1) is 10.2 Å². The van der Waals surface area contributed by atoms with Crippen LogP contribution in [0.25, 0.3) is 11.5 Å². The summed E-state index contributed by atoms with van der Waals surface area (Å²) in [6, 6.07) is 14.9. The summed E-state index contributed by atoms with van der Waals surface area (Å²) in [5, 5.41) is 8.19. The molecule has 6 heteroatoms. The van der Waals surface area contributed by atoms with Crippen LogP contribution < -0.4 is 4.74 Å². The predicted octanol–water partition coefficient (Wildman–Crippen LogP) is 4.42. The maximum atomic E-state index is 12.5. The zero-order chi connectivity index (χ0) is 17.8. The van der Waals surface area contributed by atoms with Gasteiger partial charge in [-0.05, 0) is 49.7 Å². The standard InChI is InChI=1S/C19H18N2O3S/c1-12-6-4-5-7-16(12)18-20-21-19(24-18)25-13(2)17(22)14-8-10-15(23-3)11-9-14/h4-11,13H,1-3H3/t13-/m1/s1. The van der Waals surface area contributed by atoms with Gasteiger partial charge >= 0.3 is 0 Å². The SMILES string of the molecule is COc1ccc(C(=O)[C@@H](C)Sc2nnc(-c3ccccc3C)o2)cc1. The molecule has 2 aromatic carbocycles. The largest absolute Gasteiger partial charge is 0.497 e. The average Bonchev–Trinajstić information content (AvgIpc) is 3.09. The zero-order valence-electron chi connectivity index (χ0n) is 14.2. The number of ether oxygens (including phenoxy) is 1. The van der Waals surface area contributed by atoms with Crippen LogP contribution in [0.2, 0.25) is 0 Å². The van der Waals surface area contributed by atoms with Crippen LogP contribution in [0, 0.1) is 6.92 Å². The number of hydrogen-bond donors (Lipinski definition) is 0. The molecule has 0 amide bonds. The molecule has 0 bridgehead atoms. The van der Waals surface area contributed by atoms with E-state index in [0.717, 1.165) is 16.9 Å². The van der Waals surface area contributed by atoms with Crippen LogP contribution in [0.5, 0.6) is 5.75 Å². The number of Topliss-reactive ketones (excluding diaryl/α,β-unsaturated/α-hetero) is 1. The van der Waals surface area contributed by atoms with Crippen molar-refractivity contribution in [2.24, 2.45) is 0 Å². The number of nitrogens with zero attached hydrogens (tertiary/aromatic N) is 2. The molecule has 0 aliphatic rings. The van der Waals surface area contributed by atoms with E-state index in [9.17, 15) is 4.79 Å². The van der Waals surface area contributed by atoms with E-state index in [2.05, 4.69) is 10.2 Å². The van der Waals surface area contributed by atoms with E-state index < -0.39 is 0 Å². The van der Waals surface area contributed by atoms with Gasteiger partial charge in [0.1, 0.15) is 5.75 Å². The highest BCUT2D eigenvalue weighted by atomic mass is 32.2. The average molecular weight is 354 g/mol. The van der Waals surface area contributed by atoms with E-state index in [0.29, 0.717) is 16.7 Å². The summed E-state index contributed by atoms with van der Waals surface area (Å²) in [7, 11) is 1.59. The van der Waals surface area contributed by atoms with E-state index in [1.165, 1.54) is 11.8 Å². The van der Waals surface area contributed by atoms with E-state index >= 15 is 0 Å². The smallest absolute Gasteiger partial charge is 0.277 e.